The van der Waals surface area contributed by atoms with Crippen LogP contribution >= 0.6 is 23.2 Å². The first-order valence-electron chi connectivity index (χ1n) is 9.71. The van der Waals surface area contributed by atoms with Crippen molar-refractivity contribution in [1.29, 1.82) is 0 Å². The lowest BCUT2D eigenvalue weighted by atomic mass is 10.1. The largest absolute Gasteiger partial charge is 0.484 e. The SMILES string of the molecule is Cc1ccc(OCC(=O)N(Cc2ccc(Cl)c(Cl)c2)[C@@H](C)C(=O)NC(C)(C)C)cc1. The highest BCUT2D eigenvalue weighted by atomic mass is 35.5. The molecule has 2 aromatic carbocycles. The zero-order chi connectivity index (χ0) is 22.5. The molecule has 1 atom stereocenters. The van der Waals surface area contributed by atoms with Gasteiger partial charge < -0.3 is 15.0 Å². The van der Waals surface area contributed by atoms with Gasteiger partial charge in [-0.15, -0.1) is 0 Å². The minimum Gasteiger partial charge on any atom is -0.484 e. The summed E-state index contributed by atoms with van der Waals surface area (Å²) in [6.45, 7) is 9.37. The first-order valence-corrected chi connectivity index (χ1v) is 10.5. The minimum absolute atomic E-state index is 0.183. The molecule has 0 heterocycles. The third-order valence-corrected chi connectivity index (χ3v) is 5.12. The molecule has 2 rings (SSSR count). The molecule has 0 fully saturated rings. The van der Waals surface area contributed by atoms with Crippen molar-refractivity contribution < 1.29 is 14.3 Å². The van der Waals surface area contributed by atoms with Gasteiger partial charge in [0.25, 0.3) is 5.91 Å². The molecule has 0 aliphatic heterocycles. The van der Waals surface area contributed by atoms with Gasteiger partial charge in [-0.05, 0) is 64.4 Å². The second-order valence-electron chi connectivity index (χ2n) is 8.29. The van der Waals surface area contributed by atoms with Crippen molar-refractivity contribution >= 4 is 35.0 Å². The van der Waals surface area contributed by atoms with Gasteiger partial charge in [-0.2, -0.15) is 0 Å². The summed E-state index contributed by atoms with van der Waals surface area (Å²) in [5, 5.41) is 3.74. The number of nitrogens with zero attached hydrogens (tertiary/aromatic N) is 1. The van der Waals surface area contributed by atoms with Crippen LogP contribution in [-0.2, 0) is 16.1 Å². The molecule has 0 spiro atoms. The van der Waals surface area contributed by atoms with E-state index >= 15 is 0 Å². The number of carbonyl (C=O) groups is 2. The number of amides is 2. The fourth-order valence-electron chi connectivity index (χ4n) is 2.75. The van der Waals surface area contributed by atoms with Crippen molar-refractivity contribution in [1.82, 2.24) is 10.2 Å². The topological polar surface area (TPSA) is 58.6 Å². The van der Waals surface area contributed by atoms with Gasteiger partial charge in [0.1, 0.15) is 11.8 Å². The van der Waals surface area contributed by atoms with E-state index in [1.54, 1.807) is 25.1 Å². The first-order chi connectivity index (χ1) is 14.0. The molecule has 0 bridgehead atoms. The molecule has 1 N–H and O–H groups in total. The number of rotatable bonds is 7. The van der Waals surface area contributed by atoms with Crippen molar-refractivity contribution in [3.05, 3.63) is 63.6 Å². The van der Waals surface area contributed by atoms with Gasteiger partial charge in [0, 0.05) is 12.1 Å². The Labute approximate surface area is 188 Å². The predicted octanol–water partition coefficient (Wildman–Crippen LogP) is 5.01. The maximum absolute atomic E-state index is 13.0. The molecule has 0 saturated carbocycles. The molecule has 0 aliphatic carbocycles. The number of benzene rings is 2. The Morgan fingerprint density at radius 2 is 1.70 bits per heavy atom. The normalized spacial score (nSPS) is 12.2. The van der Waals surface area contributed by atoms with Gasteiger partial charge in [0.2, 0.25) is 5.91 Å². The van der Waals surface area contributed by atoms with E-state index in [-0.39, 0.29) is 25.0 Å². The molecule has 0 aliphatic rings. The van der Waals surface area contributed by atoms with Gasteiger partial charge in [-0.3, -0.25) is 9.59 Å². The molecule has 0 saturated heterocycles. The smallest absolute Gasteiger partial charge is 0.261 e. The number of hydrogen-bond donors (Lipinski definition) is 1. The monoisotopic (exact) mass is 450 g/mol. The molecule has 0 radical (unpaired) electrons. The standard InChI is InChI=1S/C23H28Cl2N2O3/c1-15-6-9-18(10-7-15)30-14-21(28)27(16(2)22(29)26-23(3,4)5)13-17-8-11-19(24)20(25)12-17/h6-12,16H,13-14H2,1-5H3,(H,26,29)/t16-/m0/s1. The Balaban J connectivity index is 2.19. The Bertz CT molecular complexity index is 892. The summed E-state index contributed by atoms with van der Waals surface area (Å²) in [7, 11) is 0. The van der Waals surface area contributed by atoms with Crippen LogP contribution in [0.25, 0.3) is 0 Å². The maximum atomic E-state index is 13.0. The van der Waals surface area contributed by atoms with Crippen molar-refractivity contribution in [2.24, 2.45) is 0 Å². The number of aryl methyl sites for hydroxylation is 1. The summed E-state index contributed by atoms with van der Waals surface area (Å²) < 4.78 is 5.65. The maximum Gasteiger partial charge on any atom is 0.261 e. The van der Waals surface area contributed by atoms with E-state index in [1.807, 2.05) is 52.0 Å². The van der Waals surface area contributed by atoms with E-state index < -0.39 is 11.6 Å². The predicted molar refractivity (Wildman–Crippen MR) is 121 cm³/mol. The summed E-state index contributed by atoms with van der Waals surface area (Å²) in [6.07, 6.45) is 0. The van der Waals surface area contributed by atoms with Crippen LogP contribution in [0.15, 0.2) is 42.5 Å². The van der Waals surface area contributed by atoms with Gasteiger partial charge >= 0.3 is 0 Å². The number of ether oxygens (including phenoxy) is 1. The van der Waals surface area contributed by atoms with Crippen molar-refractivity contribution in [2.75, 3.05) is 6.61 Å². The van der Waals surface area contributed by atoms with Crippen LogP contribution in [0.4, 0.5) is 0 Å². The van der Waals surface area contributed by atoms with Gasteiger partial charge in [0.05, 0.1) is 10.0 Å². The zero-order valence-electron chi connectivity index (χ0n) is 18.0. The summed E-state index contributed by atoms with van der Waals surface area (Å²) in [4.78, 5) is 27.2. The van der Waals surface area contributed by atoms with Crippen molar-refractivity contribution in [3.63, 3.8) is 0 Å². The van der Waals surface area contributed by atoms with Gasteiger partial charge in [-0.1, -0.05) is 47.0 Å². The molecule has 0 unspecified atom stereocenters. The van der Waals surface area contributed by atoms with E-state index in [9.17, 15) is 9.59 Å². The lowest BCUT2D eigenvalue weighted by Gasteiger charge is -2.31. The van der Waals surface area contributed by atoms with Crippen LogP contribution in [0.2, 0.25) is 10.0 Å². The van der Waals surface area contributed by atoms with Crippen molar-refractivity contribution in [3.8, 4) is 5.75 Å². The second-order valence-corrected chi connectivity index (χ2v) is 9.10. The lowest BCUT2D eigenvalue weighted by Crippen LogP contribution is -2.53. The Morgan fingerprint density at radius 1 is 1.07 bits per heavy atom. The summed E-state index contributed by atoms with van der Waals surface area (Å²) in [6, 6.07) is 11.9. The zero-order valence-corrected chi connectivity index (χ0v) is 19.5. The fraction of sp³-hybridized carbons (Fsp3) is 0.391. The summed E-state index contributed by atoms with van der Waals surface area (Å²) in [5.41, 5.74) is 1.45. The lowest BCUT2D eigenvalue weighted by molar-refractivity contribution is -0.142. The molecule has 2 aromatic rings. The van der Waals surface area contributed by atoms with E-state index in [0.717, 1.165) is 11.1 Å². The highest BCUT2D eigenvalue weighted by Crippen LogP contribution is 2.24. The van der Waals surface area contributed by atoms with Crippen LogP contribution in [0.5, 0.6) is 5.75 Å². The van der Waals surface area contributed by atoms with E-state index in [0.29, 0.717) is 15.8 Å². The van der Waals surface area contributed by atoms with E-state index in [2.05, 4.69) is 5.32 Å². The van der Waals surface area contributed by atoms with Crippen LogP contribution in [0.3, 0.4) is 0 Å². The van der Waals surface area contributed by atoms with Crippen molar-refractivity contribution in [2.45, 2.75) is 52.7 Å². The number of hydrogen-bond acceptors (Lipinski definition) is 3. The van der Waals surface area contributed by atoms with Crippen LogP contribution in [0.1, 0.15) is 38.8 Å². The van der Waals surface area contributed by atoms with E-state index in [4.69, 9.17) is 27.9 Å². The van der Waals surface area contributed by atoms with Crippen LogP contribution in [-0.4, -0.2) is 34.9 Å². The van der Waals surface area contributed by atoms with Crippen LogP contribution < -0.4 is 10.1 Å². The molecule has 7 heteroatoms. The van der Waals surface area contributed by atoms with Crippen LogP contribution in [0, 0.1) is 6.92 Å². The molecule has 30 heavy (non-hydrogen) atoms. The Morgan fingerprint density at radius 3 is 2.27 bits per heavy atom. The number of nitrogens with one attached hydrogen (secondary N) is 1. The first kappa shape index (κ1) is 24.0. The molecule has 2 amide bonds. The Hall–Kier alpha value is -2.24. The summed E-state index contributed by atoms with van der Waals surface area (Å²) >= 11 is 12.1. The second kappa shape index (κ2) is 10.2. The number of carbonyl (C=O) groups excluding carboxylic acids is 2. The molecule has 162 valence electrons. The molecule has 5 nitrogen and oxygen atoms in total. The number of halogens is 2. The third kappa shape index (κ3) is 7.22. The average molecular weight is 451 g/mol. The minimum atomic E-state index is -0.701. The highest BCUT2D eigenvalue weighted by molar-refractivity contribution is 6.42. The average Bonchev–Trinajstić information content (AvgIpc) is 2.66. The quantitative estimate of drug-likeness (QED) is 0.644. The van der Waals surface area contributed by atoms with Gasteiger partial charge in [-0.25, -0.2) is 0 Å². The molecular weight excluding hydrogens is 423 g/mol. The highest BCUT2D eigenvalue weighted by Gasteiger charge is 2.28. The summed E-state index contributed by atoms with van der Waals surface area (Å²) in [5.74, 6) is 0.0414. The fourth-order valence-corrected chi connectivity index (χ4v) is 3.07. The molecule has 0 aromatic heterocycles. The third-order valence-electron chi connectivity index (χ3n) is 4.39. The Kier molecular flexibility index (Phi) is 8.16. The van der Waals surface area contributed by atoms with E-state index in [1.165, 1.54) is 4.90 Å². The molecular formula is C23H28Cl2N2O3. The van der Waals surface area contributed by atoms with Gasteiger partial charge in [0.15, 0.2) is 6.61 Å².